The van der Waals surface area contributed by atoms with Crippen LogP contribution in [0.25, 0.3) is 0 Å². The van der Waals surface area contributed by atoms with E-state index in [0.29, 0.717) is 11.8 Å². The van der Waals surface area contributed by atoms with Crippen molar-refractivity contribution in [2.45, 2.75) is 46.5 Å². The fourth-order valence-electron chi connectivity index (χ4n) is 1.81. The smallest absolute Gasteiger partial charge is 0.105 e. The van der Waals surface area contributed by atoms with Crippen LogP contribution in [0.2, 0.25) is 0 Å². The third-order valence-corrected chi connectivity index (χ3v) is 3.21. The molecular formula is C18H24FeO-6. The van der Waals surface area contributed by atoms with Gasteiger partial charge in [-0.1, -0.05) is 39.2 Å². The van der Waals surface area contributed by atoms with E-state index in [4.69, 9.17) is 0 Å². The largest absolute Gasteiger partial charge is 0.748 e. The number of hydrogen-bond acceptors (Lipinski definition) is 1. The minimum absolute atomic E-state index is 0. The molecule has 0 aliphatic heterocycles. The van der Waals surface area contributed by atoms with Crippen LogP contribution in [0.15, 0.2) is 42.5 Å². The Morgan fingerprint density at radius 3 is 1.95 bits per heavy atom. The number of rotatable bonds is 3. The van der Waals surface area contributed by atoms with Crippen molar-refractivity contribution < 1.29 is 21.9 Å². The number of Topliss-reactive ketones (excluding diaryl/α,β-unsaturated/α-hetero) is 1. The van der Waals surface area contributed by atoms with E-state index in [0.717, 1.165) is 5.56 Å². The fraction of sp³-hybridized carbons (Fsp3) is 0.389. The molecule has 2 aromatic carbocycles. The first kappa shape index (κ1) is 18.9. The van der Waals surface area contributed by atoms with Crippen LogP contribution < -0.4 is 0 Å². The van der Waals surface area contributed by atoms with Gasteiger partial charge in [-0.25, -0.2) is 12.0 Å². The van der Waals surface area contributed by atoms with Crippen LogP contribution in [0.3, 0.4) is 0 Å². The zero-order valence-corrected chi connectivity index (χ0v) is 14.1. The molecule has 2 rings (SSSR count). The van der Waals surface area contributed by atoms with Crippen molar-refractivity contribution in [3.05, 3.63) is 59.2 Å². The van der Waals surface area contributed by atoms with Crippen LogP contribution in [-0.2, 0) is 17.1 Å². The molecule has 0 aliphatic rings. The molecule has 0 fully saturated rings. The molecule has 0 unspecified atom stereocenters. The van der Waals surface area contributed by atoms with Gasteiger partial charge >= 0.3 is 0 Å². The molecule has 20 heavy (non-hydrogen) atoms. The van der Waals surface area contributed by atoms with Gasteiger partial charge in [0.25, 0.3) is 0 Å². The van der Waals surface area contributed by atoms with Crippen molar-refractivity contribution in [1.82, 2.24) is 0 Å². The Morgan fingerprint density at radius 1 is 1.15 bits per heavy atom. The van der Waals surface area contributed by atoms with E-state index in [1.54, 1.807) is 6.92 Å². The van der Waals surface area contributed by atoms with Crippen molar-refractivity contribution in [2.24, 2.45) is 0 Å². The van der Waals surface area contributed by atoms with Crippen LogP contribution >= 0.6 is 0 Å². The van der Waals surface area contributed by atoms with Gasteiger partial charge in [-0.2, -0.15) is 17.7 Å². The number of carbonyl (C=O) groups is 1. The quantitative estimate of drug-likeness (QED) is 0.429. The summed E-state index contributed by atoms with van der Waals surface area (Å²) in [6.07, 6.45) is 0. The summed E-state index contributed by atoms with van der Waals surface area (Å²) in [6, 6.07) is 14.3. The summed E-state index contributed by atoms with van der Waals surface area (Å²) in [5.74, 6) is 1.35. The van der Waals surface area contributed by atoms with Gasteiger partial charge in [0.1, 0.15) is 5.78 Å². The standard InChI is InChI=1S/C10H13O.C8H11.Fe/c1-7(2)9-4-5-10(6-9)8(3)11;1-7(2)8-5-3-4-6-8;/h4-7H,1-3H3;3-7H,1-2H3;/q-1;-5;. The minimum Gasteiger partial charge on any atom is -0.748 e. The molecule has 1 nitrogen and oxygen atoms in total. The van der Waals surface area contributed by atoms with Crippen molar-refractivity contribution in [1.29, 1.82) is 0 Å². The average Bonchev–Trinajstić information content (AvgIpc) is 3.02. The summed E-state index contributed by atoms with van der Waals surface area (Å²) in [5.41, 5.74) is 3.51. The normalized spacial score (nSPS) is 9.95. The minimum atomic E-state index is 0. The molecule has 2 aromatic rings. The molecule has 116 valence electrons. The van der Waals surface area contributed by atoms with Gasteiger partial charge < -0.3 is 34.6 Å². The molecule has 0 saturated heterocycles. The van der Waals surface area contributed by atoms with Crippen LogP contribution in [0.4, 0.5) is 0 Å². The van der Waals surface area contributed by atoms with Crippen molar-refractivity contribution >= 4 is 5.78 Å². The first-order valence-corrected chi connectivity index (χ1v) is 6.91. The zero-order valence-electron chi connectivity index (χ0n) is 13.0. The van der Waals surface area contributed by atoms with Crippen molar-refractivity contribution in [2.75, 3.05) is 0 Å². The number of ketones is 1. The number of carbonyl (C=O) groups excluding carboxylic acids is 1. The maximum Gasteiger partial charge on any atom is 0.105 e. The van der Waals surface area contributed by atoms with E-state index in [-0.39, 0.29) is 22.9 Å². The predicted octanol–water partition coefficient (Wildman–Crippen LogP) is 5.26. The number of hydrogen-bond donors (Lipinski definition) is 0. The maximum absolute atomic E-state index is 10.9. The van der Waals surface area contributed by atoms with E-state index in [2.05, 4.69) is 52.0 Å². The Bertz CT molecular complexity index is 489. The molecular weight excluding hydrogens is 288 g/mol. The van der Waals surface area contributed by atoms with E-state index >= 15 is 0 Å². The Kier molecular flexibility index (Phi) is 8.45. The fourth-order valence-corrected chi connectivity index (χ4v) is 1.81. The average molecular weight is 312 g/mol. The predicted molar refractivity (Wildman–Crippen MR) is 82.3 cm³/mol. The van der Waals surface area contributed by atoms with Gasteiger partial charge in [0.15, 0.2) is 0 Å². The molecule has 2 heteroatoms. The third kappa shape index (κ3) is 5.90. The first-order valence-electron chi connectivity index (χ1n) is 6.91. The maximum atomic E-state index is 10.9. The molecule has 0 radical (unpaired) electrons. The first-order chi connectivity index (χ1) is 8.91. The van der Waals surface area contributed by atoms with Gasteiger partial charge in [-0.3, -0.25) is 0 Å². The molecule has 0 N–H and O–H groups in total. The zero-order chi connectivity index (χ0) is 14.4. The Morgan fingerprint density at radius 2 is 1.70 bits per heavy atom. The Hall–Kier alpha value is -1.11. The SMILES string of the molecule is CC(=O)[c-]1ccc(C(C)C)c1.CC(C)[c-]1[cH-][cH-][cH-][cH-]1.[Fe]. The molecule has 0 spiro atoms. The van der Waals surface area contributed by atoms with Gasteiger partial charge in [0, 0.05) is 17.1 Å². The van der Waals surface area contributed by atoms with Gasteiger partial charge in [0.2, 0.25) is 0 Å². The topological polar surface area (TPSA) is 17.1 Å². The summed E-state index contributed by atoms with van der Waals surface area (Å²) in [7, 11) is 0. The summed E-state index contributed by atoms with van der Waals surface area (Å²) >= 11 is 0. The second-order valence-electron chi connectivity index (χ2n) is 5.52. The second-order valence-corrected chi connectivity index (χ2v) is 5.52. The van der Waals surface area contributed by atoms with E-state index in [1.807, 2.05) is 18.2 Å². The molecule has 0 bridgehead atoms. The monoisotopic (exact) mass is 312 g/mol. The Labute approximate surface area is 133 Å². The van der Waals surface area contributed by atoms with E-state index in [1.165, 1.54) is 11.1 Å². The van der Waals surface area contributed by atoms with Crippen LogP contribution in [-0.4, -0.2) is 5.78 Å². The van der Waals surface area contributed by atoms with Crippen LogP contribution in [0.5, 0.6) is 0 Å². The van der Waals surface area contributed by atoms with Gasteiger partial charge in [-0.05, 0) is 6.92 Å². The summed E-state index contributed by atoms with van der Waals surface area (Å²) in [6.45, 7) is 10.3. The van der Waals surface area contributed by atoms with E-state index in [9.17, 15) is 4.79 Å². The molecule has 0 heterocycles. The van der Waals surface area contributed by atoms with Crippen LogP contribution in [0, 0.1) is 0 Å². The molecule has 0 aliphatic carbocycles. The molecule has 0 aromatic heterocycles. The molecule has 0 saturated carbocycles. The summed E-state index contributed by atoms with van der Waals surface area (Å²) in [4.78, 5) is 10.9. The van der Waals surface area contributed by atoms with Crippen molar-refractivity contribution in [3.63, 3.8) is 0 Å². The van der Waals surface area contributed by atoms with Crippen molar-refractivity contribution in [3.8, 4) is 0 Å². The second kappa shape index (κ2) is 8.94. The van der Waals surface area contributed by atoms with Gasteiger partial charge in [0.05, 0.1) is 0 Å². The Balaban J connectivity index is 0.000000359. The third-order valence-electron chi connectivity index (χ3n) is 3.21. The van der Waals surface area contributed by atoms with Gasteiger partial charge in [-0.15, -0.1) is 0 Å². The molecule has 0 amide bonds. The summed E-state index contributed by atoms with van der Waals surface area (Å²) < 4.78 is 0. The van der Waals surface area contributed by atoms with E-state index < -0.39 is 0 Å². The molecule has 0 atom stereocenters. The van der Waals surface area contributed by atoms with Crippen LogP contribution in [0.1, 0.15) is 67.9 Å². The summed E-state index contributed by atoms with van der Waals surface area (Å²) in [5, 5.41) is 0.